The molecule has 0 saturated heterocycles. The molecule has 0 aliphatic carbocycles. The lowest BCUT2D eigenvalue weighted by molar-refractivity contribution is 0.589. The van der Waals surface area contributed by atoms with E-state index in [4.69, 9.17) is 12.2 Å². The van der Waals surface area contributed by atoms with Gasteiger partial charge in [0.2, 0.25) is 0 Å². The molecule has 0 spiro atoms. The number of nitrogens with one attached hydrogen (secondary N) is 2. The van der Waals surface area contributed by atoms with E-state index in [1.807, 2.05) is 38.1 Å². The maximum absolute atomic E-state index is 13.6. The first kappa shape index (κ1) is 16.4. The van der Waals surface area contributed by atoms with Crippen molar-refractivity contribution >= 4 is 23.0 Å². The molecule has 2 aromatic rings. The minimum atomic E-state index is -0.673. The van der Waals surface area contributed by atoms with E-state index in [-0.39, 0.29) is 16.8 Å². The number of hydrogen-bond donors (Lipinski definition) is 2. The lowest BCUT2D eigenvalue weighted by Gasteiger charge is -2.22. The zero-order chi connectivity index (χ0) is 16.1. The van der Waals surface area contributed by atoms with Gasteiger partial charge >= 0.3 is 0 Å². The van der Waals surface area contributed by atoms with Crippen LogP contribution < -0.4 is 10.6 Å². The minimum absolute atomic E-state index is 0.0176. The van der Waals surface area contributed by atoms with Gasteiger partial charge in [0, 0.05) is 0 Å². The van der Waals surface area contributed by atoms with Gasteiger partial charge in [0.1, 0.15) is 17.3 Å². The van der Waals surface area contributed by atoms with Crippen LogP contribution in [0.5, 0.6) is 0 Å². The van der Waals surface area contributed by atoms with Crippen LogP contribution in [0.2, 0.25) is 0 Å². The van der Waals surface area contributed by atoms with Gasteiger partial charge in [-0.25, -0.2) is 8.78 Å². The predicted octanol–water partition coefficient (Wildman–Crippen LogP) is 4.71. The van der Waals surface area contributed by atoms with Gasteiger partial charge in [-0.05, 0) is 48.8 Å². The van der Waals surface area contributed by atoms with E-state index >= 15 is 0 Å². The maximum atomic E-state index is 13.6. The number of para-hydroxylation sites is 1. The lowest BCUT2D eigenvalue weighted by Crippen LogP contribution is -2.33. The Balaban J connectivity index is 2.12. The van der Waals surface area contributed by atoms with E-state index in [2.05, 4.69) is 10.6 Å². The molecule has 2 N–H and O–H groups in total. The van der Waals surface area contributed by atoms with Crippen molar-refractivity contribution < 1.29 is 8.78 Å². The smallest absolute Gasteiger partial charge is 0.171 e. The first-order valence-electron chi connectivity index (χ1n) is 7.10. The molecule has 0 aliphatic rings. The van der Waals surface area contributed by atoms with Crippen LogP contribution in [0, 0.1) is 18.6 Å². The Bertz CT molecular complexity index is 653. The number of halogens is 2. The standard InChI is InChI=1S/C17H18F2N2S/c1-3-15(12-8-5-4-7-11(12)2)20-17(22)21-16-13(18)9-6-10-14(16)19/h4-10,15H,3H2,1-2H3,(H2,20,21,22)/t15-/m0/s1. The summed E-state index contributed by atoms with van der Waals surface area (Å²) in [6, 6.07) is 11.6. The van der Waals surface area contributed by atoms with Crippen molar-refractivity contribution in [3.63, 3.8) is 0 Å². The van der Waals surface area contributed by atoms with E-state index in [0.29, 0.717) is 0 Å². The van der Waals surface area contributed by atoms with Gasteiger partial charge in [-0.1, -0.05) is 37.3 Å². The van der Waals surface area contributed by atoms with Gasteiger partial charge in [0.25, 0.3) is 0 Å². The van der Waals surface area contributed by atoms with Gasteiger partial charge in [0.05, 0.1) is 6.04 Å². The van der Waals surface area contributed by atoms with Gasteiger partial charge in [-0.15, -0.1) is 0 Å². The molecule has 1 atom stereocenters. The maximum Gasteiger partial charge on any atom is 0.171 e. The molecule has 0 saturated carbocycles. The fourth-order valence-electron chi connectivity index (χ4n) is 2.30. The summed E-state index contributed by atoms with van der Waals surface area (Å²) in [4.78, 5) is 0. The van der Waals surface area contributed by atoms with Gasteiger partial charge < -0.3 is 10.6 Å². The van der Waals surface area contributed by atoms with Gasteiger partial charge in [0.15, 0.2) is 5.11 Å². The van der Waals surface area contributed by atoms with Crippen molar-refractivity contribution in [3.8, 4) is 0 Å². The average molecular weight is 320 g/mol. The monoisotopic (exact) mass is 320 g/mol. The second-order valence-corrected chi connectivity index (χ2v) is 5.42. The summed E-state index contributed by atoms with van der Waals surface area (Å²) >= 11 is 5.19. The van der Waals surface area contributed by atoms with E-state index < -0.39 is 11.6 Å². The van der Waals surface area contributed by atoms with E-state index in [1.165, 1.54) is 18.2 Å². The van der Waals surface area contributed by atoms with Crippen molar-refractivity contribution in [2.75, 3.05) is 5.32 Å². The zero-order valence-electron chi connectivity index (χ0n) is 12.5. The average Bonchev–Trinajstić information content (AvgIpc) is 2.49. The predicted molar refractivity (Wildman–Crippen MR) is 89.9 cm³/mol. The molecule has 22 heavy (non-hydrogen) atoms. The third-order valence-corrected chi connectivity index (χ3v) is 3.70. The van der Waals surface area contributed by atoms with Crippen molar-refractivity contribution in [1.82, 2.24) is 5.32 Å². The second-order valence-electron chi connectivity index (χ2n) is 5.01. The van der Waals surface area contributed by atoms with Crippen LogP contribution in [0.4, 0.5) is 14.5 Å². The largest absolute Gasteiger partial charge is 0.356 e. The normalized spacial score (nSPS) is 11.8. The van der Waals surface area contributed by atoms with Crippen LogP contribution in [0.1, 0.15) is 30.5 Å². The summed E-state index contributed by atoms with van der Waals surface area (Å²) in [6.45, 7) is 4.04. The summed E-state index contributed by atoms with van der Waals surface area (Å²) in [7, 11) is 0. The zero-order valence-corrected chi connectivity index (χ0v) is 13.3. The molecule has 0 amide bonds. The van der Waals surface area contributed by atoms with Gasteiger partial charge in [-0.2, -0.15) is 0 Å². The molecule has 0 bridgehead atoms. The van der Waals surface area contributed by atoms with Crippen molar-refractivity contribution in [3.05, 3.63) is 65.2 Å². The molecule has 0 heterocycles. The highest BCUT2D eigenvalue weighted by Gasteiger charge is 2.15. The molecule has 0 fully saturated rings. The molecule has 2 aromatic carbocycles. The number of aryl methyl sites for hydroxylation is 1. The van der Waals surface area contributed by atoms with Gasteiger partial charge in [-0.3, -0.25) is 0 Å². The van der Waals surface area contributed by atoms with E-state index in [1.54, 1.807) is 0 Å². The Morgan fingerprint density at radius 2 is 1.73 bits per heavy atom. The molecule has 0 aliphatic heterocycles. The second kappa shape index (κ2) is 7.31. The Kier molecular flexibility index (Phi) is 5.44. The minimum Gasteiger partial charge on any atom is -0.356 e. The molecule has 116 valence electrons. The number of benzene rings is 2. The summed E-state index contributed by atoms with van der Waals surface area (Å²) in [5.41, 5.74) is 2.02. The molecule has 0 aromatic heterocycles. The summed E-state index contributed by atoms with van der Waals surface area (Å²) in [6.07, 6.45) is 0.798. The fraction of sp³-hybridized carbons (Fsp3) is 0.235. The van der Waals surface area contributed by atoms with Crippen molar-refractivity contribution in [1.29, 1.82) is 0 Å². The summed E-state index contributed by atoms with van der Waals surface area (Å²) in [5, 5.41) is 5.91. The number of anilines is 1. The van der Waals surface area contributed by atoms with Crippen LogP contribution in [-0.4, -0.2) is 5.11 Å². The summed E-state index contributed by atoms with van der Waals surface area (Å²) in [5.74, 6) is -1.35. The third kappa shape index (κ3) is 3.80. The third-order valence-electron chi connectivity index (χ3n) is 3.48. The molecule has 2 rings (SSSR count). The van der Waals surface area contributed by atoms with E-state index in [9.17, 15) is 8.78 Å². The Labute approximate surface area is 134 Å². The molecule has 5 heteroatoms. The van der Waals surface area contributed by atoms with Crippen LogP contribution in [0.25, 0.3) is 0 Å². The van der Waals surface area contributed by atoms with Crippen molar-refractivity contribution in [2.24, 2.45) is 0 Å². The highest BCUT2D eigenvalue weighted by molar-refractivity contribution is 7.80. The molecular weight excluding hydrogens is 302 g/mol. The number of thiocarbonyl (C=S) groups is 1. The quantitative estimate of drug-likeness (QED) is 0.798. The first-order valence-corrected chi connectivity index (χ1v) is 7.50. The highest BCUT2D eigenvalue weighted by atomic mass is 32.1. The SMILES string of the molecule is CC[C@H](NC(=S)Nc1c(F)cccc1F)c1ccccc1C. The van der Waals surface area contributed by atoms with Crippen LogP contribution in [0.3, 0.4) is 0 Å². The molecule has 0 unspecified atom stereocenters. The molecule has 2 nitrogen and oxygen atoms in total. The van der Waals surface area contributed by atoms with Crippen LogP contribution in [0.15, 0.2) is 42.5 Å². The fourth-order valence-corrected chi connectivity index (χ4v) is 2.55. The van der Waals surface area contributed by atoms with Crippen LogP contribution >= 0.6 is 12.2 Å². The summed E-state index contributed by atoms with van der Waals surface area (Å²) < 4.78 is 27.3. The number of hydrogen-bond acceptors (Lipinski definition) is 1. The Morgan fingerprint density at radius 1 is 1.09 bits per heavy atom. The first-order chi connectivity index (χ1) is 10.5. The van der Waals surface area contributed by atoms with Crippen LogP contribution in [-0.2, 0) is 0 Å². The number of rotatable bonds is 4. The lowest BCUT2D eigenvalue weighted by atomic mass is 10.00. The highest BCUT2D eigenvalue weighted by Crippen LogP contribution is 2.22. The molecule has 0 radical (unpaired) electrons. The van der Waals surface area contributed by atoms with Crippen molar-refractivity contribution in [2.45, 2.75) is 26.3 Å². The van der Waals surface area contributed by atoms with E-state index in [0.717, 1.165) is 17.5 Å². The Hall–Kier alpha value is -2.01. The Morgan fingerprint density at radius 3 is 2.32 bits per heavy atom. The topological polar surface area (TPSA) is 24.1 Å². The molecular formula is C17H18F2N2S.